The van der Waals surface area contributed by atoms with E-state index in [0.717, 1.165) is 16.8 Å². The van der Waals surface area contributed by atoms with E-state index >= 15 is 0 Å². The van der Waals surface area contributed by atoms with Gasteiger partial charge >= 0.3 is 0 Å². The minimum Gasteiger partial charge on any atom is -0.508 e. The Balaban J connectivity index is 2.10. The van der Waals surface area contributed by atoms with E-state index < -0.39 is 0 Å². The van der Waals surface area contributed by atoms with Gasteiger partial charge < -0.3 is 10.0 Å². The maximum Gasteiger partial charge on any atom is 0.258 e. The van der Waals surface area contributed by atoms with Gasteiger partial charge in [0.1, 0.15) is 5.75 Å². The molecule has 1 aliphatic heterocycles. The molecule has 0 atom stereocenters. The number of fused-ring (bicyclic) bond motifs is 1. The molecule has 1 aliphatic rings. The summed E-state index contributed by atoms with van der Waals surface area (Å²) < 4.78 is 0. The topological polar surface area (TPSA) is 40.5 Å². The fourth-order valence-electron chi connectivity index (χ4n) is 2.28. The van der Waals surface area contributed by atoms with E-state index in [1.165, 1.54) is 0 Å². The van der Waals surface area contributed by atoms with Crippen molar-refractivity contribution in [2.45, 2.75) is 0 Å². The summed E-state index contributed by atoms with van der Waals surface area (Å²) >= 11 is 0. The van der Waals surface area contributed by atoms with Crippen LogP contribution in [0, 0.1) is 0 Å². The molecule has 0 aliphatic carbocycles. The summed E-state index contributed by atoms with van der Waals surface area (Å²) in [5.74, 6) is 0.215. The Morgan fingerprint density at radius 1 is 1.05 bits per heavy atom. The van der Waals surface area contributed by atoms with Crippen molar-refractivity contribution in [3.05, 3.63) is 59.7 Å². The molecule has 94 valence electrons. The maximum absolute atomic E-state index is 12.2. The largest absolute Gasteiger partial charge is 0.508 e. The molecule has 0 aromatic heterocycles. The van der Waals surface area contributed by atoms with Crippen LogP contribution in [0.1, 0.15) is 11.1 Å². The lowest BCUT2D eigenvalue weighted by atomic mass is 10.0. The SMILES string of the molecule is CN1C(=O)C(=Cc2ccc(O)cc2)c2ccccc21. The van der Waals surface area contributed by atoms with Crippen LogP contribution >= 0.6 is 0 Å². The van der Waals surface area contributed by atoms with E-state index in [9.17, 15) is 9.90 Å². The van der Waals surface area contributed by atoms with Gasteiger partial charge in [-0.1, -0.05) is 30.3 Å². The van der Waals surface area contributed by atoms with Crippen LogP contribution < -0.4 is 4.90 Å². The molecule has 3 rings (SSSR count). The van der Waals surface area contributed by atoms with Crippen molar-refractivity contribution in [2.75, 3.05) is 11.9 Å². The lowest BCUT2D eigenvalue weighted by molar-refractivity contribution is -0.112. The Kier molecular flexibility index (Phi) is 2.60. The van der Waals surface area contributed by atoms with Crippen molar-refractivity contribution in [1.29, 1.82) is 0 Å². The second-order valence-electron chi connectivity index (χ2n) is 4.53. The molecule has 0 bridgehead atoms. The van der Waals surface area contributed by atoms with Crippen molar-refractivity contribution in [2.24, 2.45) is 0 Å². The zero-order chi connectivity index (χ0) is 13.4. The standard InChI is InChI=1S/C16H13NO2/c1-17-15-5-3-2-4-13(15)14(16(17)19)10-11-6-8-12(18)9-7-11/h2-10,18H,1H3. The average molecular weight is 251 g/mol. The summed E-state index contributed by atoms with van der Waals surface area (Å²) in [5.41, 5.74) is 3.45. The number of carbonyl (C=O) groups excluding carboxylic acids is 1. The predicted octanol–water partition coefficient (Wildman–Crippen LogP) is 2.91. The summed E-state index contributed by atoms with van der Waals surface area (Å²) in [6.45, 7) is 0. The van der Waals surface area contributed by atoms with Crippen molar-refractivity contribution in [3.63, 3.8) is 0 Å². The number of hydrogen-bond acceptors (Lipinski definition) is 2. The monoisotopic (exact) mass is 251 g/mol. The molecule has 0 radical (unpaired) electrons. The van der Waals surface area contributed by atoms with Gasteiger partial charge in [0.05, 0.1) is 5.69 Å². The molecule has 0 fully saturated rings. The number of carbonyl (C=O) groups is 1. The van der Waals surface area contributed by atoms with Crippen LogP contribution in [0.5, 0.6) is 5.75 Å². The Bertz CT molecular complexity index is 671. The van der Waals surface area contributed by atoms with Crippen LogP contribution in [-0.2, 0) is 4.79 Å². The minimum absolute atomic E-state index is 0.00530. The van der Waals surface area contributed by atoms with Crippen molar-refractivity contribution in [3.8, 4) is 5.75 Å². The first-order valence-electron chi connectivity index (χ1n) is 6.05. The first-order chi connectivity index (χ1) is 9.16. The molecule has 2 aromatic carbocycles. The highest BCUT2D eigenvalue weighted by molar-refractivity contribution is 6.35. The summed E-state index contributed by atoms with van der Waals surface area (Å²) in [6, 6.07) is 14.5. The van der Waals surface area contributed by atoms with Crippen molar-refractivity contribution < 1.29 is 9.90 Å². The lowest BCUT2D eigenvalue weighted by Crippen LogP contribution is -2.20. The average Bonchev–Trinajstić information content (AvgIpc) is 2.67. The van der Waals surface area contributed by atoms with Crippen LogP contribution in [-0.4, -0.2) is 18.1 Å². The number of nitrogens with zero attached hydrogens (tertiary/aromatic N) is 1. The molecule has 2 aromatic rings. The molecule has 3 nitrogen and oxygen atoms in total. The van der Waals surface area contributed by atoms with E-state index in [4.69, 9.17) is 0 Å². The van der Waals surface area contributed by atoms with E-state index in [1.807, 2.05) is 30.3 Å². The number of amides is 1. The molecule has 1 N–H and O–H groups in total. The minimum atomic E-state index is -0.00530. The quantitative estimate of drug-likeness (QED) is 0.792. The van der Waals surface area contributed by atoms with Gasteiger partial charge in [0.2, 0.25) is 0 Å². The first-order valence-corrected chi connectivity index (χ1v) is 6.05. The number of phenolic OH excluding ortho intramolecular Hbond substituents is 1. The summed E-state index contributed by atoms with van der Waals surface area (Å²) in [6.07, 6.45) is 1.85. The first kappa shape index (κ1) is 11.5. The molecule has 1 amide bonds. The Labute approximate surface area is 111 Å². The molecule has 0 unspecified atom stereocenters. The summed E-state index contributed by atoms with van der Waals surface area (Å²) in [5, 5.41) is 9.27. The number of hydrogen-bond donors (Lipinski definition) is 1. The molecule has 19 heavy (non-hydrogen) atoms. The normalized spacial score (nSPS) is 15.9. The zero-order valence-corrected chi connectivity index (χ0v) is 10.5. The zero-order valence-electron chi connectivity index (χ0n) is 10.5. The van der Waals surface area contributed by atoms with Gasteiger partial charge in [0, 0.05) is 18.2 Å². The van der Waals surface area contributed by atoms with Crippen LogP contribution in [0.2, 0.25) is 0 Å². The van der Waals surface area contributed by atoms with E-state index in [2.05, 4.69) is 0 Å². The number of benzene rings is 2. The van der Waals surface area contributed by atoms with Crippen molar-refractivity contribution in [1.82, 2.24) is 0 Å². The Hall–Kier alpha value is -2.55. The smallest absolute Gasteiger partial charge is 0.258 e. The van der Waals surface area contributed by atoms with Gasteiger partial charge in [-0.15, -0.1) is 0 Å². The fourth-order valence-corrected chi connectivity index (χ4v) is 2.28. The van der Waals surface area contributed by atoms with Gasteiger partial charge in [-0.2, -0.15) is 0 Å². The molecular formula is C16H13NO2. The number of aromatic hydroxyl groups is 1. The van der Waals surface area contributed by atoms with Gasteiger partial charge in [0.25, 0.3) is 5.91 Å². The van der Waals surface area contributed by atoms with Crippen molar-refractivity contribution >= 4 is 23.2 Å². The molecule has 3 heteroatoms. The molecule has 0 saturated carbocycles. The van der Waals surface area contributed by atoms with Gasteiger partial charge in [-0.05, 0) is 29.8 Å². The second-order valence-corrected chi connectivity index (χ2v) is 4.53. The van der Waals surface area contributed by atoms with Gasteiger partial charge in [0.15, 0.2) is 0 Å². The third-order valence-electron chi connectivity index (χ3n) is 3.29. The van der Waals surface area contributed by atoms with E-state index in [0.29, 0.717) is 5.57 Å². The number of rotatable bonds is 1. The summed E-state index contributed by atoms with van der Waals surface area (Å²) in [7, 11) is 1.78. The second kappa shape index (κ2) is 4.28. The highest BCUT2D eigenvalue weighted by atomic mass is 16.3. The maximum atomic E-state index is 12.2. The number of likely N-dealkylation sites (N-methyl/N-ethyl adjacent to an activating group) is 1. The Morgan fingerprint density at radius 3 is 2.47 bits per heavy atom. The molecule has 0 saturated heterocycles. The fraction of sp³-hybridized carbons (Fsp3) is 0.0625. The van der Waals surface area contributed by atoms with E-state index in [1.54, 1.807) is 36.2 Å². The van der Waals surface area contributed by atoms with Crippen LogP contribution in [0.15, 0.2) is 48.5 Å². The van der Waals surface area contributed by atoms with E-state index in [-0.39, 0.29) is 11.7 Å². The molecular weight excluding hydrogens is 238 g/mol. The van der Waals surface area contributed by atoms with Crippen LogP contribution in [0.3, 0.4) is 0 Å². The third kappa shape index (κ3) is 1.89. The Morgan fingerprint density at radius 2 is 1.74 bits per heavy atom. The number of para-hydroxylation sites is 1. The lowest BCUT2D eigenvalue weighted by Gasteiger charge is -2.07. The molecule has 0 spiro atoms. The highest BCUT2D eigenvalue weighted by Gasteiger charge is 2.28. The summed E-state index contributed by atoms with van der Waals surface area (Å²) in [4.78, 5) is 13.9. The van der Waals surface area contributed by atoms with Gasteiger partial charge in [-0.25, -0.2) is 0 Å². The third-order valence-corrected chi connectivity index (χ3v) is 3.29. The number of phenols is 1. The number of anilines is 1. The predicted molar refractivity (Wildman–Crippen MR) is 75.8 cm³/mol. The highest BCUT2D eigenvalue weighted by Crippen LogP contribution is 2.36. The van der Waals surface area contributed by atoms with Gasteiger partial charge in [-0.3, -0.25) is 4.79 Å². The van der Waals surface area contributed by atoms with Crippen LogP contribution in [0.4, 0.5) is 5.69 Å². The molecule has 1 heterocycles. The van der Waals surface area contributed by atoms with Crippen LogP contribution in [0.25, 0.3) is 11.6 Å².